The van der Waals surface area contributed by atoms with Crippen LogP contribution in [0.15, 0.2) is 78.1 Å². The molecular weight excluding hydrogens is 490 g/mol. The van der Waals surface area contributed by atoms with Crippen LogP contribution in [0.3, 0.4) is 0 Å². The number of carbonyl (C=O) groups excluding carboxylic acids is 1. The Labute approximate surface area is 213 Å². The summed E-state index contributed by atoms with van der Waals surface area (Å²) < 4.78 is 29.1. The second-order valence-electron chi connectivity index (χ2n) is 9.00. The molecule has 5 heterocycles. The Balaban J connectivity index is 1.16. The number of hydrogen-bond acceptors (Lipinski definition) is 6. The number of hydrogen-bond donors (Lipinski definition) is 2. The second-order valence-corrected chi connectivity index (χ2v) is 10.9. The van der Waals surface area contributed by atoms with Gasteiger partial charge in [-0.05, 0) is 54.8 Å². The predicted octanol–water partition coefficient (Wildman–Crippen LogP) is 2.78. The summed E-state index contributed by atoms with van der Waals surface area (Å²) in [7, 11) is -3.72. The maximum atomic E-state index is 13.1. The molecule has 0 radical (unpaired) electrons. The molecule has 1 saturated heterocycles. The van der Waals surface area contributed by atoms with Gasteiger partial charge >= 0.3 is 0 Å². The Bertz CT molecular complexity index is 1700. The topological polar surface area (TPSA) is 125 Å². The third-order valence-electron chi connectivity index (χ3n) is 6.73. The number of benzene rings is 1. The van der Waals surface area contributed by atoms with E-state index in [4.69, 9.17) is 0 Å². The van der Waals surface area contributed by atoms with E-state index in [1.807, 2.05) is 24.3 Å². The van der Waals surface area contributed by atoms with Crippen LogP contribution < -0.4 is 5.32 Å². The molecule has 10 nitrogen and oxygen atoms in total. The number of carbonyl (C=O) groups is 1. The van der Waals surface area contributed by atoms with E-state index in [-0.39, 0.29) is 10.8 Å². The Morgan fingerprint density at radius 3 is 2.78 bits per heavy atom. The molecule has 1 fully saturated rings. The predicted molar refractivity (Wildman–Crippen MR) is 138 cm³/mol. The number of rotatable bonds is 7. The molecule has 0 spiro atoms. The number of aromatic nitrogens is 5. The van der Waals surface area contributed by atoms with Crippen molar-refractivity contribution >= 4 is 32.5 Å². The van der Waals surface area contributed by atoms with Gasteiger partial charge in [-0.3, -0.25) is 4.79 Å². The second kappa shape index (κ2) is 9.41. The van der Waals surface area contributed by atoms with E-state index >= 15 is 0 Å². The maximum Gasteiger partial charge on any atom is 0.243 e. The van der Waals surface area contributed by atoms with Gasteiger partial charge < -0.3 is 10.3 Å². The molecule has 6 rings (SSSR count). The average molecular weight is 516 g/mol. The molecule has 0 aliphatic carbocycles. The van der Waals surface area contributed by atoms with E-state index in [1.54, 1.807) is 53.6 Å². The van der Waals surface area contributed by atoms with E-state index in [9.17, 15) is 13.2 Å². The van der Waals surface area contributed by atoms with Crippen molar-refractivity contribution < 1.29 is 13.2 Å². The number of nitrogens with one attached hydrogen (secondary N) is 2. The lowest BCUT2D eigenvalue weighted by atomic mass is 10.1. The monoisotopic (exact) mass is 515 g/mol. The molecule has 0 bridgehead atoms. The minimum absolute atomic E-state index is 0.207. The zero-order valence-corrected chi connectivity index (χ0v) is 20.7. The van der Waals surface area contributed by atoms with Crippen molar-refractivity contribution in [2.75, 3.05) is 13.1 Å². The normalized spacial score (nSPS) is 16.5. The van der Waals surface area contributed by atoms with Crippen LogP contribution in [0, 0.1) is 0 Å². The number of fused-ring (bicyclic) bond motifs is 2. The third-order valence-corrected chi connectivity index (χ3v) is 8.65. The van der Waals surface area contributed by atoms with Crippen LogP contribution in [0.1, 0.15) is 18.5 Å². The van der Waals surface area contributed by atoms with Crippen LogP contribution in [0.25, 0.3) is 27.7 Å². The van der Waals surface area contributed by atoms with Gasteiger partial charge in [-0.1, -0.05) is 18.2 Å². The summed E-state index contributed by atoms with van der Waals surface area (Å²) in [5.74, 6) is -0.272. The van der Waals surface area contributed by atoms with Crippen molar-refractivity contribution in [1.82, 2.24) is 34.4 Å². The summed E-state index contributed by atoms with van der Waals surface area (Å²) in [5, 5.41) is 12.5. The van der Waals surface area contributed by atoms with Crippen LogP contribution in [-0.2, 0) is 21.2 Å². The molecule has 1 atom stereocenters. The molecule has 1 unspecified atom stereocenters. The molecule has 1 amide bonds. The van der Waals surface area contributed by atoms with Gasteiger partial charge in [-0.2, -0.15) is 19.1 Å². The summed E-state index contributed by atoms with van der Waals surface area (Å²) in [5.41, 5.74) is 4.52. The quantitative estimate of drug-likeness (QED) is 0.343. The van der Waals surface area contributed by atoms with Crippen molar-refractivity contribution in [3.05, 3.63) is 78.9 Å². The third kappa shape index (κ3) is 4.25. The summed E-state index contributed by atoms with van der Waals surface area (Å²) in [6.45, 7) is 0.711. The lowest BCUT2D eigenvalue weighted by Gasteiger charge is -2.23. The first-order valence-electron chi connectivity index (χ1n) is 12.1. The van der Waals surface area contributed by atoms with Crippen molar-refractivity contribution in [2.24, 2.45) is 0 Å². The highest BCUT2D eigenvalue weighted by Crippen LogP contribution is 2.31. The molecule has 37 heavy (non-hydrogen) atoms. The zero-order valence-electron chi connectivity index (χ0n) is 19.9. The Hall–Kier alpha value is -4.09. The van der Waals surface area contributed by atoms with Gasteiger partial charge in [0, 0.05) is 48.5 Å². The summed E-state index contributed by atoms with van der Waals surface area (Å²) >= 11 is 0. The first-order valence-corrected chi connectivity index (χ1v) is 13.6. The Morgan fingerprint density at radius 1 is 1.05 bits per heavy atom. The number of nitrogens with zero attached hydrogens (tertiary/aromatic N) is 5. The van der Waals surface area contributed by atoms with Gasteiger partial charge in [0.15, 0.2) is 0 Å². The zero-order chi connectivity index (χ0) is 25.4. The first-order chi connectivity index (χ1) is 18.0. The largest absolute Gasteiger partial charge is 0.354 e. The van der Waals surface area contributed by atoms with Gasteiger partial charge in [-0.25, -0.2) is 13.4 Å². The van der Waals surface area contributed by atoms with E-state index in [1.165, 1.54) is 4.31 Å². The van der Waals surface area contributed by atoms with Gasteiger partial charge in [0.25, 0.3) is 0 Å². The number of amides is 1. The molecule has 4 aromatic heterocycles. The van der Waals surface area contributed by atoms with Gasteiger partial charge in [0.1, 0.15) is 11.7 Å². The average Bonchev–Trinajstić information content (AvgIpc) is 3.67. The lowest BCUT2D eigenvalue weighted by Crippen LogP contribution is -2.46. The number of H-pyrrole nitrogens is 1. The van der Waals surface area contributed by atoms with Crippen LogP contribution in [0.2, 0.25) is 0 Å². The van der Waals surface area contributed by atoms with Gasteiger partial charge in [0.2, 0.25) is 15.9 Å². The van der Waals surface area contributed by atoms with E-state index in [0.29, 0.717) is 32.4 Å². The van der Waals surface area contributed by atoms with Gasteiger partial charge in [-0.15, -0.1) is 0 Å². The van der Waals surface area contributed by atoms with Crippen LogP contribution in [-0.4, -0.2) is 62.6 Å². The van der Waals surface area contributed by atoms with Crippen molar-refractivity contribution in [2.45, 2.75) is 30.2 Å². The summed E-state index contributed by atoms with van der Waals surface area (Å²) in [4.78, 5) is 21.0. The standard InChI is InChI=1S/C26H25N7O3S/c34-26(24-9-5-15-32(24)37(35,36)19-6-2-1-3-7-19)28-13-10-18-16-21-20(11-14-27-25(21)31-18)22-17-30-33-23(22)8-4-12-29-33/h1-4,6-8,11-12,14,16-17,24H,5,9-10,13,15H2,(H,27,31)(H,28,34). The highest BCUT2D eigenvalue weighted by atomic mass is 32.2. The molecule has 11 heteroatoms. The summed E-state index contributed by atoms with van der Waals surface area (Å²) in [6.07, 6.45) is 6.95. The first kappa shape index (κ1) is 23.3. The SMILES string of the molecule is O=C(NCCc1cc2c(-c3cnn4ncccc34)ccnc2[nH]1)C1CCCN1S(=O)(=O)c1ccccc1. The lowest BCUT2D eigenvalue weighted by molar-refractivity contribution is -0.124. The molecular formula is C26H25N7O3S. The number of pyridine rings is 1. The molecule has 0 saturated carbocycles. The van der Waals surface area contributed by atoms with Crippen LogP contribution in [0.4, 0.5) is 0 Å². The van der Waals surface area contributed by atoms with Crippen molar-refractivity contribution in [1.29, 1.82) is 0 Å². The Morgan fingerprint density at radius 2 is 1.92 bits per heavy atom. The molecule has 1 aliphatic heterocycles. The maximum absolute atomic E-state index is 13.1. The highest BCUT2D eigenvalue weighted by molar-refractivity contribution is 7.89. The van der Waals surface area contributed by atoms with Crippen LogP contribution in [0.5, 0.6) is 0 Å². The minimum Gasteiger partial charge on any atom is -0.354 e. The molecule has 1 aliphatic rings. The van der Waals surface area contributed by atoms with Crippen LogP contribution >= 0.6 is 0 Å². The fourth-order valence-electron chi connectivity index (χ4n) is 4.95. The van der Waals surface area contributed by atoms with Crippen molar-refractivity contribution in [3.63, 3.8) is 0 Å². The molecule has 2 N–H and O–H groups in total. The van der Waals surface area contributed by atoms with Crippen molar-refractivity contribution in [3.8, 4) is 11.1 Å². The number of sulfonamides is 1. The van der Waals surface area contributed by atoms with E-state index < -0.39 is 16.1 Å². The smallest absolute Gasteiger partial charge is 0.243 e. The molecule has 1 aromatic carbocycles. The van der Waals surface area contributed by atoms with E-state index in [0.717, 1.165) is 33.4 Å². The minimum atomic E-state index is -3.72. The number of aromatic amines is 1. The van der Waals surface area contributed by atoms with E-state index in [2.05, 4.69) is 25.5 Å². The fourth-order valence-corrected chi connectivity index (χ4v) is 6.62. The highest BCUT2D eigenvalue weighted by Gasteiger charge is 2.39. The fraction of sp³-hybridized carbons (Fsp3) is 0.231. The molecule has 188 valence electrons. The van der Waals surface area contributed by atoms with Gasteiger partial charge in [0.05, 0.1) is 16.6 Å². The molecule has 5 aromatic rings. The summed E-state index contributed by atoms with van der Waals surface area (Å²) in [6, 6.07) is 15.4. The Kier molecular flexibility index (Phi) is 5.93.